The molecule has 2 amide bonds. The molecule has 2 N–H and O–H groups in total. The third kappa shape index (κ3) is 6.08. The highest BCUT2D eigenvalue weighted by molar-refractivity contribution is 5.99. The van der Waals surface area contributed by atoms with Crippen LogP contribution in [0.15, 0.2) is 48.5 Å². The molecular weight excluding hydrogens is 354 g/mol. The Morgan fingerprint density at radius 3 is 2.30 bits per heavy atom. The molecule has 0 fully saturated rings. The van der Waals surface area contributed by atoms with Gasteiger partial charge in [0.25, 0.3) is 17.5 Å². The van der Waals surface area contributed by atoms with Crippen LogP contribution >= 0.6 is 0 Å². The zero-order valence-electron chi connectivity index (χ0n) is 14.6. The molecule has 2 aromatic rings. The quantitative estimate of drug-likeness (QED) is 0.415. The summed E-state index contributed by atoms with van der Waals surface area (Å²) >= 11 is 0. The lowest BCUT2D eigenvalue weighted by Crippen LogP contribution is -2.41. The second-order valence-corrected chi connectivity index (χ2v) is 5.29. The van der Waals surface area contributed by atoms with Crippen molar-refractivity contribution in [1.82, 2.24) is 10.9 Å². The maximum atomic E-state index is 12.2. The standard InChI is InChI=1S/C18H19N3O6/c1-2-26-10-11-27-16-5-3-4-14(12-16)18(23)20-19-17(22)13-6-8-15(9-7-13)21(24)25/h3-9,12H,2,10-11H2,1H3,(H,19,22)(H,20,23). The van der Waals surface area contributed by atoms with Crippen molar-refractivity contribution in [2.75, 3.05) is 19.8 Å². The van der Waals surface area contributed by atoms with Gasteiger partial charge in [0.1, 0.15) is 12.4 Å². The van der Waals surface area contributed by atoms with Gasteiger partial charge in [-0.3, -0.25) is 30.6 Å². The molecule has 0 spiro atoms. The molecule has 9 heteroatoms. The van der Waals surface area contributed by atoms with Crippen molar-refractivity contribution in [2.45, 2.75) is 6.92 Å². The molecule has 9 nitrogen and oxygen atoms in total. The smallest absolute Gasteiger partial charge is 0.269 e. The summed E-state index contributed by atoms with van der Waals surface area (Å²) in [6.45, 7) is 3.28. The van der Waals surface area contributed by atoms with Crippen LogP contribution < -0.4 is 15.6 Å². The summed E-state index contributed by atoms with van der Waals surface area (Å²) in [4.78, 5) is 34.2. The highest BCUT2D eigenvalue weighted by Gasteiger charge is 2.12. The number of hydrogen-bond acceptors (Lipinski definition) is 6. The zero-order valence-corrected chi connectivity index (χ0v) is 14.6. The van der Waals surface area contributed by atoms with Crippen LogP contribution in [0.3, 0.4) is 0 Å². The normalized spacial score (nSPS) is 10.1. The molecular formula is C18H19N3O6. The van der Waals surface area contributed by atoms with E-state index in [-0.39, 0.29) is 11.3 Å². The molecule has 0 radical (unpaired) electrons. The van der Waals surface area contributed by atoms with Crippen molar-refractivity contribution in [1.29, 1.82) is 0 Å². The van der Waals surface area contributed by atoms with E-state index in [2.05, 4.69) is 10.9 Å². The number of amides is 2. The molecule has 0 bridgehead atoms. The fourth-order valence-corrected chi connectivity index (χ4v) is 2.08. The topological polar surface area (TPSA) is 120 Å². The lowest BCUT2D eigenvalue weighted by atomic mass is 10.2. The van der Waals surface area contributed by atoms with Crippen LogP contribution in [-0.2, 0) is 4.74 Å². The fourth-order valence-electron chi connectivity index (χ4n) is 2.08. The van der Waals surface area contributed by atoms with E-state index in [0.29, 0.717) is 31.1 Å². The van der Waals surface area contributed by atoms with E-state index in [4.69, 9.17) is 9.47 Å². The lowest BCUT2D eigenvalue weighted by Gasteiger charge is -2.09. The Kier molecular flexibility index (Phi) is 7.26. The number of nitro benzene ring substituents is 1. The van der Waals surface area contributed by atoms with E-state index in [1.165, 1.54) is 24.3 Å². The van der Waals surface area contributed by atoms with Crippen molar-refractivity contribution in [3.05, 3.63) is 69.8 Å². The summed E-state index contributed by atoms with van der Waals surface area (Å²) in [5, 5.41) is 10.6. The Morgan fingerprint density at radius 2 is 1.67 bits per heavy atom. The molecule has 0 heterocycles. The van der Waals surface area contributed by atoms with Crippen LogP contribution in [0, 0.1) is 10.1 Å². The molecule has 2 aromatic carbocycles. The number of ether oxygens (including phenoxy) is 2. The van der Waals surface area contributed by atoms with Gasteiger partial charge in [0.15, 0.2) is 0 Å². The summed E-state index contributed by atoms with van der Waals surface area (Å²) in [6, 6.07) is 11.5. The third-order valence-corrected chi connectivity index (χ3v) is 3.43. The molecule has 27 heavy (non-hydrogen) atoms. The van der Waals surface area contributed by atoms with E-state index < -0.39 is 16.7 Å². The Balaban J connectivity index is 1.89. The number of hydrazine groups is 1. The summed E-state index contributed by atoms with van der Waals surface area (Å²) in [5.41, 5.74) is 4.89. The van der Waals surface area contributed by atoms with Crippen molar-refractivity contribution < 1.29 is 24.0 Å². The van der Waals surface area contributed by atoms with Crippen LogP contribution in [0.2, 0.25) is 0 Å². The number of benzene rings is 2. The SMILES string of the molecule is CCOCCOc1cccc(C(=O)NNC(=O)c2ccc([N+](=O)[O-])cc2)c1. The first-order chi connectivity index (χ1) is 13.0. The van der Waals surface area contributed by atoms with Gasteiger partial charge in [0.05, 0.1) is 11.5 Å². The van der Waals surface area contributed by atoms with Gasteiger partial charge in [0, 0.05) is 29.9 Å². The van der Waals surface area contributed by atoms with Crippen molar-refractivity contribution in [3.8, 4) is 5.75 Å². The minimum atomic E-state index is -0.595. The van der Waals surface area contributed by atoms with Crippen LogP contribution in [0.25, 0.3) is 0 Å². The fraction of sp³-hybridized carbons (Fsp3) is 0.222. The summed E-state index contributed by atoms with van der Waals surface area (Å²) in [6.07, 6.45) is 0. The van der Waals surface area contributed by atoms with E-state index in [9.17, 15) is 19.7 Å². The highest BCUT2D eigenvalue weighted by Crippen LogP contribution is 2.13. The predicted octanol–water partition coefficient (Wildman–Crippen LogP) is 2.08. The van der Waals surface area contributed by atoms with Gasteiger partial charge in [-0.2, -0.15) is 0 Å². The number of non-ortho nitro benzene ring substituents is 1. The van der Waals surface area contributed by atoms with Gasteiger partial charge >= 0.3 is 0 Å². The summed E-state index contributed by atoms with van der Waals surface area (Å²) in [5.74, 6) is -0.619. The summed E-state index contributed by atoms with van der Waals surface area (Å²) in [7, 11) is 0. The molecule has 0 aliphatic heterocycles. The first kappa shape index (κ1) is 19.9. The van der Waals surface area contributed by atoms with Gasteiger partial charge in [-0.15, -0.1) is 0 Å². The number of carbonyl (C=O) groups is 2. The summed E-state index contributed by atoms with van der Waals surface area (Å²) < 4.78 is 10.6. The van der Waals surface area contributed by atoms with E-state index >= 15 is 0 Å². The predicted molar refractivity (Wildman–Crippen MR) is 96.5 cm³/mol. The van der Waals surface area contributed by atoms with Gasteiger partial charge in [0.2, 0.25) is 0 Å². The van der Waals surface area contributed by atoms with Crippen molar-refractivity contribution in [3.63, 3.8) is 0 Å². The van der Waals surface area contributed by atoms with E-state index in [1.54, 1.807) is 24.3 Å². The Labute approximate surface area is 155 Å². The second kappa shape index (κ2) is 9.88. The lowest BCUT2D eigenvalue weighted by molar-refractivity contribution is -0.384. The second-order valence-electron chi connectivity index (χ2n) is 5.29. The average molecular weight is 373 g/mol. The average Bonchev–Trinajstić information content (AvgIpc) is 2.69. The van der Waals surface area contributed by atoms with E-state index in [1.807, 2.05) is 6.92 Å². The van der Waals surface area contributed by atoms with E-state index in [0.717, 1.165) is 0 Å². The Hall–Kier alpha value is -3.46. The number of carbonyl (C=O) groups excluding carboxylic acids is 2. The molecule has 0 aromatic heterocycles. The third-order valence-electron chi connectivity index (χ3n) is 3.43. The Morgan fingerprint density at radius 1 is 1.00 bits per heavy atom. The number of hydrogen-bond donors (Lipinski definition) is 2. The van der Waals surface area contributed by atoms with Crippen LogP contribution in [-0.4, -0.2) is 36.6 Å². The van der Waals surface area contributed by atoms with Gasteiger partial charge in [-0.25, -0.2) is 0 Å². The molecule has 142 valence electrons. The van der Waals surface area contributed by atoms with Crippen LogP contribution in [0.1, 0.15) is 27.6 Å². The molecule has 0 aliphatic rings. The molecule has 0 atom stereocenters. The monoisotopic (exact) mass is 373 g/mol. The number of rotatable bonds is 8. The molecule has 2 rings (SSSR count). The van der Waals surface area contributed by atoms with Crippen molar-refractivity contribution in [2.24, 2.45) is 0 Å². The minimum Gasteiger partial charge on any atom is -0.491 e. The van der Waals surface area contributed by atoms with Crippen molar-refractivity contribution >= 4 is 17.5 Å². The van der Waals surface area contributed by atoms with Gasteiger partial charge in [-0.1, -0.05) is 6.07 Å². The molecule has 0 saturated carbocycles. The molecule has 0 unspecified atom stereocenters. The number of nitrogens with zero attached hydrogens (tertiary/aromatic N) is 1. The first-order valence-electron chi connectivity index (χ1n) is 8.17. The largest absolute Gasteiger partial charge is 0.491 e. The highest BCUT2D eigenvalue weighted by atomic mass is 16.6. The zero-order chi connectivity index (χ0) is 19.6. The molecule has 0 aliphatic carbocycles. The number of nitro groups is 1. The maximum absolute atomic E-state index is 12.2. The number of nitrogens with one attached hydrogen (secondary N) is 2. The Bertz CT molecular complexity index is 807. The van der Waals surface area contributed by atoms with Gasteiger partial charge < -0.3 is 9.47 Å². The molecule has 0 saturated heterocycles. The van der Waals surface area contributed by atoms with Gasteiger partial charge in [-0.05, 0) is 37.3 Å². The first-order valence-corrected chi connectivity index (χ1v) is 8.17. The minimum absolute atomic E-state index is 0.128. The van der Waals surface area contributed by atoms with Crippen LogP contribution in [0.5, 0.6) is 5.75 Å². The van der Waals surface area contributed by atoms with Crippen LogP contribution in [0.4, 0.5) is 5.69 Å². The maximum Gasteiger partial charge on any atom is 0.269 e.